The predicted molar refractivity (Wildman–Crippen MR) is 94.7 cm³/mol. The third kappa shape index (κ3) is 4.10. The number of anilines is 1. The summed E-state index contributed by atoms with van der Waals surface area (Å²) in [5.41, 5.74) is 0.976. The average molecular weight is 346 g/mol. The standard InChI is InChI=1S/C18H26N4O3/c23-22(24)18-4-3-16(12-19-18)21-8-5-14(6-9-21)20-15-7-10-25-17(11-15)13-1-2-13/h3-4,12-15,17,20H,1-2,5-11H2. The Bertz CT molecular complexity index is 597. The topological polar surface area (TPSA) is 80.5 Å². The molecule has 1 aliphatic carbocycles. The van der Waals surface area contributed by atoms with E-state index in [2.05, 4.69) is 15.2 Å². The maximum atomic E-state index is 10.7. The summed E-state index contributed by atoms with van der Waals surface area (Å²) in [7, 11) is 0. The molecule has 0 spiro atoms. The number of hydrogen-bond acceptors (Lipinski definition) is 6. The Kier molecular flexibility index (Phi) is 4.85. The fourth-order valence-corrected chi connectivity index (χ4v) is 4.09. The molecule has 0 amide bonds. The van der Waals surface area contributed by atoms with Crippen molar-refractivity contribution in [2.45, 2.75) is 56.7 Å². The van der Waals surface area contributed by atoms with Crippen molar-refractivity contribution in [3.8, 4) is 0 Å². The first-order chi connectivity index (χ1) is 12.2. The van der Waals surface area contributed by atoms with Crippen LogP contribution in [-0.2, 0) is 4.74 Å². The van der Waals surface area contributed by atoms with Gasteiger partial charge < -0.3 is 25.1 Å². The van der Waals surface area contributed by atoms with Crippen molar-refractivity contribution in [3.05, 3.63) is 28.4 Å². The number of hydrogen-bond donors (Lipinski definition) is 1. The summed E-state index contributed by atoms with van der Waals surface area (Å²) in [4.78, 5) is 16.4. The molecule has 2 saturated heterocycles. The van der Waals surface area contributed by atoms with Gasteiger partial charge in [-0.2, -0.15) is 0 Å². The van der Waals surface area contributed by atoms with E-state index in [9.17, 15) is 10.1 Å². The van der Waals surface area contributed by atoms with Crippen molar-refractivity contribution in [1.82, 2.24) is 10.3 Å². The van der Waals surface area contributed by atoms with Crippen LogP contribution in [0.3, 0.4) is 0 Å². The number of pyridine rings is 1. The van der Waals surface area contributed by atoms with Gasteiger partial charge in [0, 0.05) is 37.8 Å². The molecule has 1 aromatic rings. The number of piperidine rings is 1. The predicted octanol–water partition coefficient (Wildman–Crippen LogP) is 2.51. The lowest BCUT2D eigenvalue weighted by Gasteiger charge is -2.37. The Hall–Kier alpha value is -1.73. The van der Waals surface area contributed by atoms with Gasteiger partial charge in [0.05, 0.1) is 11.8 Å². The molecule has 3 fully saturated rings. The van der Waals surface area contributed by atoms with E-state index >= 15 is 0 Å². The molecule has 7 nitrogen and oxygen atoms in total. The van der Waals surface area contributed by atoms with E-state index in [0.717, 1.165) is 57.0 Å². The molecule has 2 unspecified atom stereocenters. The van der Waals surface area contributed by atoms with Crippen LogP contribution in [-0.4, -0.2) is 47.8 Å². The van der Waals surface area contributed by atoms with E-state index in [0.29, 0.717) is 18.2 Å². The second-order valence-electron chi connectivity index (χ2n) is 7.53. The van der Waals surface area contributed by atoms with Gasteiger partial charge in [0.1, 0.15) is 0 Å². The molecule has 136 valence electrons. The molecule has 1 aromatic heterocycles. The third-order valence-electron chi connectivity index (χ3n) is 5.71. The summed E-state index contributed by atoms with van der Waals surface area (Å²) < 4.78 is 5.92. The second kappa shape index (κ2) is 7.25. The highest BCUT2D eigenvalue weighted by molar-refractivity contribution is 5.46. The Morgan fingerprint density at radius 1 is 1.16 bits per heavy atom. The van der Waals surface area contributed by atoms with Crippen LogP contribution in [0.4, 0.5) is 11.5 Å². The minimum atomic E-state index is -0.456. The van der Waals surface area contributed by atoms with E-state index in [1.165, 1.54) is 18.9 Å². The normalized spacial score (nSPS) is 28.1. The summed E-state index contributed by atoms with van der Waals surface area (Å²) in [6.07, 6.45) is 9.28. The van der Waals surface area contributed by atoms with Gasteiger partial charge in [0.25, 0.3) is 0 Å². The van der Waals surface area contributed by atoms with Crippen LogP contribution in [0.15, 0.2) is 18.3 Å². The zero-order valence-corrected chi connectivity index (χ0v) is 14.5. The number of nitrogens with one attached hydrogen (secondary N) is 1. The van der Waals surface area contributed by atoms with Crippen molar-refractivity contribution >= 4 is 11.5 Å². The zero-order chi connectivity index (χ0) is 17.2. The van der Waals surface area contributed by atoms with Gasteiger partial charge in [-0.1, -0.05) is 0 Å². The molecular formula is C18H26N4O3. The van der Waals surface area contributed by atoms with Crippen LogP contribution in [0.5, 0.6) is 0 Å². The molecule has 2 atom stereocenters. The lowest BCUT2D eigenvalue weighted by molar-refractivity contribution is -0.389. The Morgan fingerprint density at radius 3 is 2.60 bits per heavy atom. The lowest BCUT2D eigenvalue weighted by atomic mass is 9.97. The number of nitro groups is 1. The Balaban J connectivity index is 1.25. The molecule has 0 bridgehead atoms. The van der Waals surface area contributed by atoms with Crippen LogP contribution in [0, 0.1) is 16.0 Å². The van der Waals surface area contributed by atoms with Crippen molar-refractivity contribution in [2.24, 2.45) is 5.92 Å². The first kappa shape index (κ1) is 16.7. The quantitative estimate of drug-likeness (QED) is 0.652. The summed E-state index contributed by atoms with van der Waals surface area (Å²) in [6.45, 7) is 2.82. The molecule has 2 aliphatic heterocycles. The highest BCUT2D eigenvalue weighted by atomic mass is 16.6. The molecule has 1 saturated carbocycles. The highest BCUT2D eigenvalue weighted by Crippen LogP contribution is 2.38. The minimum Gasteiger partial charge on any atom is -0.378 e. The number of rotatable bonds is 5. The van der Waals surface area contributed by atoms with Gasteiger partial charge in [0.2, 0.25) is 0 Å². The Morgan fingerprint density at radius 2 is 1.96 bits per heavy atom. The minimum absolute atomic E-state index is 0.0926. The molecule has 25 heavy (non-hydrogen) atoms. The summed E-state index contributed by atoms with van der Waals surface area (Å²) in [5.74, 6) is 0.728. The van der Waals surface area contributed by atoms with Crippen molar-refractivity contribution < 1.29 is 9.66 Å². The fraction of sp³-hybridized carbons (Fsp3) is 0.722. The number of ether oxygens (including phenoxy) is 1. The van der Waals surface area contributed by atoms with Crippen LogP contribution in [0.25, 0.3) is 0 Å². The molecule has 7 heteroatoms. The van der Waals surface area contributed by atoms with Gasteiger partial charge in [-0.15, -0.1) is 0 Å². The summed E-state index contributed by atoms with van der Waals surface area (Å²) >= 11 is 0. The number of nitrogens with zero attached hydrogens (tertiary/aromatic N) is 3. The number of aromatic nitrogens is 1. The van der Waals surface area contributed by atoms with Gasteiger partial charge in [-0.05, 0) is 60.4 Å². The average Bonchev–Trinajstić information content (AvgIpc) is 3.48. The molecule has 0 radical (unpaired) electrons. The molecule has 1 N–H and O–H groups in total. The fourth-order valence-electron chi connectivity index (χ4n) is 4.09. The smallest absolute Gasteiger partial charge is 0.363 e. The van der Waals surface area contributed by atoms with E-state index in [4.69, 9.17) is 4.74 Å². The van der Waals surface area contributed by atoms with Crippen molar-refractivity contribution in [1.29, 1.82) is 0 Å². The van der Waals surface area contributed by atoms with Crippen LogP contribution in [0.1, 0.15) is 38.5 Å². The first-order valence-electron chi connectivity index (χ1n) is 9.42. The van der Waals surface area contributed by atoms with Crippen LogP contribution >= 0.6 is 0 Å². The van der Waals surface area contributed by atoms with Gasteiger partial charge in [-0.3, -0.25) is 0 Å². The van der Waals surface area contributed by atoms with Crippen LogP contribution in [0.2, 0.25) is 0 Å². The van der Waals surface area contributed by atoms with E-state index in [1.54, 1.807) is 12.3 Å². The summed E-state index contributed by atoms with van der Waals surface area (Å²) in [5, 5.41) is 14.6. The molecule has 0 aromatic carbocycles. The van der Waals surface area contributed by atoms with Gasteiger partial charge in [0.15, 0.2) is 6.20 Å². The van der Waals surface area contributed by atoms with Gasteiger partial charge >= 0.3 is 5.82 Å². The largest absolute Gasteiger partial charge is 0.378 e. The van der Waals surface area contributed by atoms with Crippen molar-refractivity contribution in [2.75, 3.05) is 24.6 Å². The maximum Gasteiger partial charge on any atom is 0.363 e. The zero-order valence-electron chi connectivity index (χ0n) is 14.5. The second-order valence-corrected chi connectivity index (χ2v) is 7.53. The Labute approximate surface area is 147 Å². The van der Waals surface area contributed by atoms with Crippen LogP contribution < -0.4 is 10.2 Å². The SMILES string of the molecule is O=[N+]([O-])c1ccc(N2CCC(NC3CCOC(C4CC4)C3)CC2)cn1. The monoisotopic (exact) mass is 346 g/mol. The lowest BCUT2D eigenvalue weighted by Crippen LogP contribution is -2.49. The van der Waals surface area contributed by atoms with Gasteiger partial charge in [-0.25, -0.2) is 0 Å². The summed E-state index contributed by atoms with van der Waals surface area (Å²) in [6, 6.07) is 4.44. The molecule has 3 heterocycles. The third-order valence-corrected chi connectivity index (χ3v) is 5.71. The first-order valence-corrected chi connectivity index (χ1v) is 9.42. The molecular weight excluding hydrogens is 320 g/mol. The maximum absolute atomic E-state index is 10.7. The van der Waals surface area contributed by atoms with E-state index in [1.807, 2.05) is 0 Å². The molecule has 3 aliphatic rings. The highest BCUT2D eigenvalue weighted by Gasteiger charge is 2.36. The molecule has 4 rings (SSSR count). The van der Waals surface area contributed by atoms with E-state index in [-0.39, 0.29) is 5.82 Å². The van der Waals surface area contributed by atoms with Crippen molar-refractivity contribution in [3.63, 3.8) is 0 Å². The van der Waals surface area contributed by atoms with E-state index < -0.39 is 4.92 Å².